The van der Waals surface area contributed by atoms with Gasteiger partial charge in [0.1, 0.15) is 5.75 Å². The van der Waals surface area contributed by atoms with Crippen molar-refractivity contribution in [3.8, 4) is 28.3 Å². The van der Waals surface area contributed by atoms with E-state index in [1.807, 2.05) is 37.3 Å². The summed E-state index contributed by atoms with van der Waals surface area (Å²) in [6.45, 7) is 1.99. The molecule has 8 heteroatoms. The zero-order valence-electron chi connectivity index (χ0n) is 14.1. The number of aryl methyl sites for hydroxylation is 1. The van der Waals surface area contributed by atoms with Gasteiger partial charge in [-0.3, -0.25) is 9.89 Å². The van der Waals surface area contributed by atoms with Crippen LogP contribution >= 0.6 is 23.4 Å². The third kappa shape index (κ3) is 4.36. The summed E-state index contributed by atoms with van der Waals surface area (Å²) in [6, 6.07) is 11.5. The van der Waals surface area contributed by atoms with Crippen LogP contribution in [-0.4, -0.2) is 39.1 Å². The van der Waals surface area contributed by atoms with Crippen molar-refractivity contribution in [2.45, 2.75) is 12.1 Å². The molecule has 6 nitrogen and oxygen atoms in total. The molecule has 0 aliphatic heterocycles. The zero-order valence-corrected chi connectivity index (χ0v) is 15.7. The number of halogens is 1. The third-order valence-corrected chi connectivity index (χ3v) is 4.63. The van der Waals surface area contributed by atoms with Gasteiger partial charge in [0, 0.05) is 10.6 Å². The Bertz CT molecular complexity index is 959. The van der Waals surface area contributed by atoms with Crippen LogP contribution in [0.2, 0.25) is 5.02 Å². The fourth-order valence-corrected chi connectivity index (χ4v) is 3.24. The van der Waals surface area contributed by atoms with Gasteiger partial charge in [-0.15, -0.1) is 5.10 Å². The molecule has 1 heterocycles. The lowest BCUT2D eigenvalue weighted by molar-refractivity contribution is -0.133. The number of H-pyrrole nitrogens is 1. The SMILES string of the molecule is COc1cc(Cl)cc(-c2cc(C)cc(-c3nc(SCC(=O)O)n[nH]3)c2)c1. The van der Waals surface area contributed by atoms with E-state index in [-0.39, 0.29) is 5.75 Å². The highest BCUT2D eigenvalue weighted by Crippen LogP contribution is 2.31. The van der Waals surface area contributed by atoms with Gasteiger partial charge in [-0.05, 0) is 53.9 Å². The highest BCUT2D eigenvalue weighted by molar-refractivity contribution is 7.99. The molecule has 0 spiro atoms. The number of rotatable bonds is 6. The van der Waals surface area contributed by atoms with E-state index in [0.29, 0.717) is 21.8 Å². The minimum absolute atomic E-state index is 0.0847. The number of aliphatic carboxylic acids is 1. The number of ether oxygens (including phenoxy) is 1. The van der Waals surface area contributed by atoms with Crippen molar-refractivity contribution in [1.29, 1.82) is 0 Å². The first kappa shape index (κ1) is 18.3. The second-order valence-electron chi connectivity index (χ2n) is 5.62. The molecule has 134 valence electrons. The van der Waals surface area contributed by atoms with Crippen LogP contribution in [0.25, 0.3) is 22.5 Å². The smallest absolute Gasteiger partial charge is 0.313 e. The summed E-state index contributed by atoms with van der Waals surface area (Å²) in [7, 11) is 1.60. The molecule has 26 heavy (non-hydrogen) atoms. The first-order chi connectivity index (χ1) is 12.4. The van der Waals surface area contributed by atoms with Crippen LogP contribution in [-0.2, 0) is 4.79 Å². The van der Waals surface area contributed by atoms with Crippen LogP contribution < -0.4 is 4.74 Å². The Morgan fingerprint density at radius 2 is 1.92 bits per heavy atom. The summed E-state index contributed by atoms with van der Waals surface area (Å²) in [5.41, 5.74) is 3.80. The topological polar surface area (TPSA) is 88.1 Å². The Kier molecular flexibility index (Phi) is 5.49. The maximum atomic E-state index is 10.7. The standard InChI is InChI=1S/C18H16ClN3O3S/c1-10-3-11(12-6-14(19)8-15(7-12)25-2)5-13(4-10)17-20-18(22-21-17)26-9-16(23)24/h3-8H,9H2,1-2H3,(H,23,24)(H,20,21,22). The number of carboxylic acids is 1. The molecule has 2 N–H and O–H groups in total. The number of carbonyl (C=O) groups is 1. The Labute approximate surface area is 159 Å². The molecule has 0 atom stereocenters. The summed E-state index contributed by atoms with van der Waals surface area (Å²) in [5.74, 6) is 0.270. The number of hydrogen-bond donors (Lipinski definition) is 2. The maximum Gasteiger partial charge on any atom is 0.313 e. The summed E-state index contributed by atoms with van der Waals surface area (Å²) >= 11 is 7.25. The van der Waals surface area contributed by atoms with E-state index in [2.05, 4.69) is 15.2 Å². The molecule has 0 radical (unpaired) electrons. The highest BCUT2D eigenvalue weighted by Gasteiger charge is 2.11. The Hall–Kier alpha value is -2.51. The Morgan fingerprint density at radius 1 is 1.19 bits per heavy atom. The van der Waals surface area contributed by atoms with E-state index in [9.17, 15) is 4.79 Å². The van der Waals surface area contributed by atoms with E-state index in [1.54, 1.807) is 13.2 Å². The van der Waals surface area contributed by atoms with Crippen molar-refractivity contribution in [1.82, 2.24) is 15.2 Å². The van der Waals surface area contributed by atoms with E-state index >= 15 is 0 Å². The van der Waals surface area contributed by atoms with Crippen molar-refractivity contribution in [3.05, 3.63) is 47.0 Å². The number of nitrogens with one attached hydrogen (secondary N) is 1. The molecular formula is C18H16ClN3O3S. The van der Waals surface area contributed by atoms with Crippen LogP contribution in [0.1, 0.15) is 5.56 Å². The molecule has 0 amide bonds. The molecule has 0 aliphatic rings. The van der Waals surface area contributed by atoms with E-state index in [4.69, 9.17) is 21.4 Å². The molecule has 0 saturated heterocycles. The molecule has 0 fully saturated rings. The molecule has 0 unspecified atom stereocenters. The van der Waals surface area contributed by atoms with Crippen molar-refractivity contribution in [2.24, 2.45) is 0 Å². The number of thioether (sulfide) groups is 1. The molecule has 0 saturated carbocycles. The van der Waals surface area contributed by atoms with Gasteiger partial charge in [0.05, 0.1) is 12.9 Å². The van der Waals surface area contributed by atoms with Crippen LogP contribution in [0.15, 0.2) is 41.6 Å². The number of benzene rings is 2. The minimum atomic E-state index is -0.908. The first-order valence-electron chi connectivity index (χ1n) is 7.68. The van der Waals surface area contributed by atoms with Crippen LogP contribution in [0, 0.1) is 6.92 Å². The molecular weight excluding hydrogens is 374 g/mol. The molecule has 3 aromatic rings. The number of hydrogen-bond acceptors (Lipinski definition) is 5. The summed E-state index contributed by atoms with van der Waals surface area (Å²) in [6.07, 6.45) is 0. The quantitative estimate of drug-likeness (QED) is 0.611. The minimum Gasteiger partial charge on any atom is -0.497 e. The largest absolute Gasteiger partial charge is 0.497 e. The Balaban J connectivity index is 1.96. The summed E-state index contributed by atoms with van der Waals surface area (Å²) < 4.78 is 5.29. The number of methoxy groups -OCH3 is 1. The predicted molar refractivity (Wildman–Crippen MR) is 102 cm³/mol. The molecule has 0 aliphatic carbocycles. The predicted octanol–water partition coefficient (Wildman–Crippen LogP) is 4.29. The van der Waals surface area contributed by atoms with Crippen molar-refractivity contribution in [3.63, 3.8) is 0 Å². The Morgan fingerprint density at radius 3 is 2.65 bits per heavy atom. The molecule has 2 aromatic carbocycles. The van der Waals surface area contributed by atoms with Gasteiger partial charge in [-0.25, -0.2) is 4.98 Å². The van der Waals surface area contributed by atoms with Gasteiger partial charge in [0.2, 0.25) is 5.16 Å². The average molecular weight is 390 g/mol. The van der Waals surface area contributed by atoms with Gasteiger partial charge >= 0.3 is 5.97 Å². The van der Waals surface area contributed by atoms with Gasteiger partial charge in [-0.2, -0.15) is 0 Å². The van der Waals surface area contributed by atoms with Crippen LogP contribution in [0.4, 0.5) is 0 Å². The second kappa shape index (κ2) is 7.80. The summed E-state index contributed by atoms with van der Waals surface area (Å²) in [5, 5.41) is 16.7. The number of nitrogens with zero attached hydrogens (tertiary/aromatic N) is 2. The number of aromatic amines is 1. The lowest BCUT2D eigenvalue weighted by Crippen LogP contribution is -1.97. The van der Waals surface area contributed by atoms with Crippen LogP contribution in [0.5, 0.6) is 5.75 Å². The van der Waals surface area contributed by atoms with Gasteiger partial charge in [-0.1, -0.05) is 29.4 Å². The molecule has 1 aromatic heterocycles. The first-order valence-corrected chi connectivity index (χ1v) is 9.05. The highest BCUT2D eigenvalue weighted by atomic mass is 35.5. The number of aromatic nitrogens is 3. The average Bonchev–Trinajstić information content (AvgIpc) is 3.08. The summed E-state index contributed by atoms with van der Waals surface area (Å²) in [4.78, 5) is 15.0. The van der Waals surface area contributed by atoms with E-state index in [1.165, 1.54) is 0 Å². The normalized spacial score (nSPS) is 10.7. The molecule has 3 rings (SSSR count). The van der Waals surface area contributed by atoms with Gasteiger partial charge in [0.25, 0.3) is 0 Å². The van der Waals surface area contributed by atoms with E-state index in [0.717, 1.165) is 34.0 Å². The van der Waals surface area contributed by atoms with Crippen LogP contribution in [0.3, 0.4) is 0 Å². The number of carboxylic acid groups (broad SMARTS) is 1. The third-order valence-electron chi connectivity index (χ3n) is 3.58. The fraction of sp³-hybridized carbons (Fsp3) is 0.167. The second-order valence-corrected chi connectivity index (χ2v) is 7.00. The maximum absolute atomic E-state index is 10.7. The lowest BCUT2D eigenvalue weighted by atomic mass is 10.00. The van der Waals surface area contributed by atoms with Crippen molar-refractivity contribution >= 4 is 29.3 Å². The van der Waals surface area contributed by atoms with Gasteiger partial charge < -0.3 is 9.84 Å². The zero-order chi connectivity index (χ0) is 18.7. The lowest BCUT2D eigenvalue weighted by Gasteiger charge is -2.09. The fourth-order valence-electron chi connectivity index (χ4n) is 2.50. The van der Waals surface area contributed by atoms with Crippen molar-refractivity contribution in [2.75, 3.05) is 12.9 Å². The van der Waals surface area contributed by atoms with E-state index < -0.39 is 5.97 Å². The van der Waals surface area contributed by atoms with Gasteiger partial charge in [0.15, 0.2) is 5.82 Å². The monoisotopic (exact) mass is 389 g/mol. The molecule has 0 bridgehead atoms. The van der Waals surface area contributed by atoms with Crippen molar-refractivity contribution < 1.29 is 14.6 Å².